The number of oxazole rings is 1. The highest BCUT2D eigenvalue weighted by atomic mass is 16.4. The predicted molar refractivity (Wildman–Crippen MR) is 73.8 cm³/mol. The summed E-state index contributed by atoms with van der Waals surface area (Å²) in [5.41, 5.74) is 1.48. The molecule has 0 aliphatic carbocycles. The smallest absolute Gasteiger partial charge is 0.289 e. The SMILES string of the molecule is Cc1nc(-c2ccccc2)oc1C(=O)NCC(C)C. The summed E-state index contributed by atoms with van der Waals surface area (Å²) < 4.78 is 5.57. The fourth-order valence-electron chi connectivity index (χ4n) is 1.69. The number of benzene rings is 1. The first kappa shape index (κ1) is 13.3. The quantitative estimate of drug-likeness (QED) is 0.917. The number of amides is 1. The van der Waals surface area contributed by atoms with Crippen LogP contribution in [0.1, 0.15) is 30.1 Å². The maximum Gasteiger partial charge on any atom is 0.289 e. The van der Waals surface area contributed by atoms with Crippen molar-refractivity contribution in [3.63, 3.8) is 0 Å². The molecular weight excluding hydrogens is 240 g/mol. The Morgan fingerprint density at radius 3 is 2.63 bits per heavy atom. The molecular formula is C15H18N2O2. The molecule has 1 amide bonds. The molecule has 0 aliphatic rings. The molecule has 2 aromatic rings. The molecule has 0 fully saturated rings. The second kappa shape index (κ2) is 5.69. The number of rotatable bonds is 4. The summed E-state index contributed by atoms with van der Waals surface area (Å²) in [5, 5.41) is 2.83. The van der Waals surface area contributed by atoms with Crippen LogP contribution in [0.25, 0.3) is 11.5 Å². The first-order valence-corrected chi connectivity index (χ1v) is 6.39. The van der Waals surface area contributed by atoms with Crippen molar-refractivity contribution < 1.29 is 9.21 Å². The number of aryl methyl sites for hydroxylation is 1. The number of nitrogens with one attached hydrogen (secondary N) is 1. The zero-order valence-corrected chi connectivity index (χ0v) is 11.4. The van der Waals surface area contributed by atoms with Crippen LogP contribution < -0.4 is 5.32 Å². The highest BCUT2D eigenvalue weighted by molar-refractivity contribution is 5.92. The molecule has 0 saturated carbocycles. The Labute approximate surface area is 112 Å². The van der Waals surface area contributed by atoms with E-state index in [4.69, 9.17) is 4.42 Å². The molecule has 0 unspecified atom stereocenters. The summed E-state index contributed by atoms with van der Waals surface area (Å²) in [6.07, 6.45) is 0. The fourth-order valence-corrected chi connectivity index (χ4v) is 1.69. The van der Waals surface area contributed by atoms with Gasteiger partial charge in [0.25, 0.3) is 5.91 Å². The van der Waals surface area contributed by atoms with Crippen LogP contribution in [0.2, 0.25) is 0 Å². The highest BCUT2D eigenvalue weighted by Crippen LogP contribution is 2.21. The first-order valence-electron chi connectivity index (χ1n) is 6.39. The van der Waals surface area contributed by atoms with Gasteiger partial charge in [0.15, 0.2) is 0 Å². The van der Waals surface area contributed by atoms with Gasteiger partial charge >= 0.3 is 0 Å². The Hall–Kier alpha value is -2.10. The van der Waals surface area contributed by atoms with Crippen LogP contribution >= 0.6 is 0 Å². The third-order valence-electron chi connectivity index (χ3n) is 2.69. The Bertz CT molecular complexity index is 559. The molecule has 2 rings (SSSR count). The van der Waals surface area contributed by atoms with Crippen molar-refractivity contribution in [2.75, 3.05) is 6.54 Å². The maximum atomic E-state index is 12.0. The summed E-state index contributed by atoms with van der Waals surface area (Å²) in [5.74, 6) is 0.967. The predicted octanol–water partition coefficient (Wildman–Crippen LogP) is 3.04. The lowest BCUT2D eigenvalue weighted by Crippen LogP contribution is -2.27. The van der Waals surface area contributed by atoms with Crippen LogP contribution in [-0.4, -0.2) is 17.4 Å². The number of hydrogen-bond acceptors (Lipinski definition) is 3. The topological polar surface area (TPSA) is 55.1 Å². The number of hydrogen-bond donors (Lipinski definition) is 1. The van der Waals surface area contributed by atoms with E-state index in [1.165, 1.54) is 0 Å². The summed E-state index contributed by atoms with van der Waals surface area (Å²) in [6, 6.07) is 9.55. The average Bonchev–Trinajstić information content (AvgIpc) is 2.79. The second-order valence-electron chi connectivity index (χ2n) is 4.90. The van der Waals surface area contributed by atoms with Gasteiger partial charge in [0.2, 0.25) is 11.7 Å². The lowest BCUT2D eigenvalue weighted by molar-refractivity contribution is 0.0921. The van der Waals surface area contributed by atoms with Gasteiger partial charge in [-0.15, -0.1) is 0 Å². The van der Waals surface area contributed by atoms with Crippen LogP contribution in [0.5, 0.6) is 0 Å². The second-order valence-corrected chi connectivity index (χ2v) is 4.90. The lowest BCUT2D eigenvalue weighted by Gasteiger charge is -2.05. The largest absolute Gasteiger partial charge is 0.431 e. The van der Waals surface area contributed by atoms with E-state index in [0.29, 0.717) is 29.8 Å². The molecule has 1 N–H and O–H groups in total. The van der Waals surface area contributed by atoms with E-state index < -0.39 is 0 Å². The fraction of sp³-hybridized carbons (Fsp3) is 0.333. The van der Waals surface area contributed by atoms with E-state index in [-0.39, 0.29) is 5.91 Å². The molecule has 0 spiro atoms. The average molecular weight is 258 g/mol. The molecule has 0 atom stereocenters. The third-order valence-corrected chi connectivity index (χ3v) is 2.69. The van der Waals surface area contributed by atoms with Crippen molar-refractivity contribution in [2.45, 2.75) is 20.8 Å². The van der Waals surface area contributed by atoms with Gasteiger partial charge in [0.05, 0.1) is 5.69 Å². The summed E-state index contributed by atoms with van der Waals surface area (Å²) in [4.78, 5) is 16.3. The molecule has 0 radical (unpaired) electrons. The van der Waals surface area contributed by atoms with Crippen LogP contribution in [-0.2, 0) is 0 Å². The van der Waals surface area contributed by atoms with E-state index in [1.54, 1.807) is 6.92 Å². The number of carbonyl (C=O) groups is 1. The molecule has 0 saturated heterocycles. The van der Waals surface area contributed by atoms with Crippen molar-refractivity contribution in [3.05, 3.63) is 41.8 Å². The van der Waals surface area contributed by atoms with E-state index in [1.807, 2.05) is 44.2 Å². The van der Waals surface area contributed by atoms with Gasteiger partial charge in [-0.3, -0.25) is 4.79 Å². The zero-order valence-electron chi connectivity index (χ0n) is 11.4. The Morgan fingerprint density at radius 2 is 2.00 bits per heavy atom. The van der Waals surface area contributed by atoms with Crippen molar-refractivity contribution in [1.29, 1.82) is 0 Å². The highest BCUT2D eigenvalue weighted by Gasteiger charge is 2.17. The van der Waals surface area contributed by atoms with E-state index in [9.17, 15) is 4.79 Å². The Balaban J connectivity index is 2.20. The minimum atomic E-state index is -0.208. The van der Waals surface area contributed by atoms with Gasteiger partial charge in [-0.05, 0) is 25.0 Å². The van der Waals surface area contributed by atoms with Crippen molar-refractivity contribution >= 4 is 5.91 Å². The van der Waals surface area contributed by atoms with E-state index >= 15 is 0 Å². The normalized spacial score (nSPS) is 10.7. The van der Waals surface area contributed by atoms with Crippen molar-refractivity contribution in [2.24, 2.45) is 5.92 Å². The molecule has 1 heterocycles. The van der Waals surface area contributed by atoms with Crippen LogP contribution in [0, 0.1) is 12.8 Å². The third kappa shape index (κ3) is 3.22. The van der Waals surface area contributed by atoms with Gasteiger partial charge in [-0.1, -0.05) is 32.0 Å². The standard InChI is InChI=1S/C15H18N2O2/c1-10(2)9-16-14(18)13-11(3)17-15(19-13)12-7-5-4-6-8-12/h4-8,10H,9H2,1-3H3,(H,16,18). The number of carbonyl (C=O) groups excluding carboxylic acids is 1. The van der Waals surface area contributed by atoms with Crippen molar-refractivity contribution in [1.82, 2.24) is 10.3 Å². The molecule has 4 heteroatoms. The summed E-state index contributed by atoms with van der Waals surface area (Å²) >= 11 is 0. The van der Waals surface area contributed by atoms with Crippen LogP contribution in [0.4, 0.5) is 0 Å². The van der Waals surface area contributed by atoms with Gasteiger partial charge in [-0.25, -0.2) is 4.98 Å². The molecule has 0 aliphatic heterocycles. The van der Waals surface area contributed by atoms with Crippen LogP contribution in [0.3, 0.4) is 0 Å². The Morgan fingerprint density at radius 1 is 1.32 bits per heavy atom. The molecule has 100 valence electrons. The number of nitrogens with zero attached hydrogens (tertiary/aromatic N) is 1. The molecule has 1 aromatic carbocycles. The zero-order chi connectivity index (χ0) is 13.8. The maximum absolute atomic E-state index is 12.0. The van der Waals surface area contributed by atoms with Crippen LogP contribution in [0.15, 0.2) is 34.7 Å². The molecule has 0 bridgehead atoms. The molecule has 19 heavy (non-hydrogen) atoms. The minimum Gasteiger partial charge on any atom is -0.431 e. The summed E-state index contributed by atoms with van der Waals surface area (Å²) in [7, 11) is 0. The number of aromatic nitrogens is 1. The van der Waals surface area contributed by atoms with Crippen molar-refractivity contribution in [3.8, 4) is 11.5 Å². The minimum absolute atomic E-state index is 0.208. The van der Waals surface area contributed by atoms with E-state index in [0.717, 1.165) is 5.56 Å². The van der Waals surface area contributed by atoms with Gasteiger partial charge in [-0.2, -0.15) is 0 Å². The molecule has 4 nitrogen and oxygen atoms in total. The Kier molecular flexibility index (Phi) is 4.00. The summed E-state index contributed by atoms with van der Waals surface area (Å²) in [6.45, 7) is 6.49. The van der Waals surface area contributed by atoms with Gasteiger partial charge < -0.3 is 9.73 Å². The van der Waals surface area contributed by atoms with E-state index in [2.05, 4.69) is 10.3 Å². The lowest BCUT2D eigenvalue weighted by atomic mass is 10.2. The van der Waals surface area contributed by atoms with Gasteiger partial charge in [0.1, 0.15) is 0 Å². The monoisotopic (exact) mass is 258 g/mol. The molecule has 1 aromatic heterocycles. The first-order chi connectivity index (χ1) is 9.08. The van der Waals surface area contributed by atoms with Gasteiger partial charge in [0, 0.05) is 12.1 Å².